The van der Waals surface area contributed by atoms with E-state index in [-0.39, 0.29) is 5.91 Å². The zero-order valence-electron chi connectivity index (χ0n) is 15.8. The van der Waals surface area contributed by atoms with Gasteiger partial charge in [-0.05, 0) is 49.6 Å². The van der Waals surface area contributed by atoms with Crippen molar-refractivity contribution >= 4 is 34.2 Å². The maximum atomic E-state index is 12.3. The van der Waals surface area contributed by atoms with Crippen molar-refractivity contribution in [2.45, 2.75) is 32.4 Å². The first-order valence-corrected chi connectivity index (χ1v) is 9.93. The number of hydrazone groups is 1. The SMILES string of the molecule is CC[C@H]1CN=C(Nc2ccc(/C(C)=N\NC(=O)c3ccccc3C)cc2)S1. The van der Waals surface area contributed by atoms with Gasteiger partial charge in [0.25, 0.3) is 5.91 Å². The van der Waals surface area contributed by atoms with Crippen LogP contribution < -0.4 is 10.7 Å². The van der Waals surface area contributed by atoms with Crippen molar-refractivity contribution in [3.05, 3.63) is 65.2 Å². The van der Waals surface area contributed by atoms with Crippen LogP contribution in [0.1, 0.15) is 41.8 Å². The van der Waals surface area contributed by atoms with Crippen LogP contribution in [-0.2, 0) is 0 Å². The molecule has 0 aromatic heterocycles. The van der Waals surface area contributed by atoms with Crippen molar-refractivity contribution in [3.63, 3.8) is 0 Å². The minimum absolute atomic E-state index is 0.201. The molecule has 3 rings (SSSR count). The van der Waals surface area contributed by atoms with Gasteiger partial charge in [-0.15, -0.1) is 0 Å². The van der Waals surface area contributed by atoms with E-state index < -0.39 is 0 Å². The molecule has 140 valence electrons. The van der Waals surface area contributed by atoms with Crippen molar-refractivity contribution in [3.8, 4) is 0 Å². The van der Waals surface area contributed by atoms with Crippen LogP contribution in [0.3, 0.4) is 0 Å². The summed E-state index contributed by atoms with van der Waals surface area (Å²) in [6, 6.07) is 15.4. The predicted octanol–water partition coefficient (Wildman–Crippen LogP) is 4.44. The summed E-state index contributed by atoms with van der Waals surface area (Å²) in [5.74, 6) is -0.201. The summed E-state index contributed by atoms with van der Waals surface area (Å²) in [5, 5.41) is 9.15. The Kier molecular flexibility index (Phi) is 6.29. The lowest BCUT2D eigenvalue weighted by atomic mass is 10.1. The Balaban J connectivity index is 1.60. The molecule has 0 saturated carbocycles. The van der Waals surface area contributed by atoms with E-state index >= 15 is 0 Å². The summed E-state index contributed by atoms with van der Waals surface area (Å²) >= 11 is 1.79. The number of hydrogen-bond donors (Lipinski definition) is 2. The Hall–Kier alpha value is -2.60. The third kappa shape index (κ3) is 4.98. The number of nitrogens with one attached hydrogen (secondary N) is 2. The van der Waals surface area contributed by atoms with Gasteiger partial charge in [0.05, 0.1) is 12.3 Å². The number of aryl methyl sites for hydroxylation is 1. The molecule has 0 bridgehead atoms. The van der Waals surface area contributed by atoms with E-state index in [1.807, 2.05) is 56.3 Å². The molecule has 2 aromatic carbocycles. The topological polar surface area (TPSA) is 65.8 Å². The molecule has 1 aliphatic heterocycles. The molecular formula is C21H24N4OS. The van der Waals surface area contributed by atoms with E-state index in [1.165, 1.54) is 0 Å². The average Bonchev–Trinajstić information content (AvgIpc) is 3.14. The van der Waals surface area contributed by atoms with Crippen molar-refractivity contribution in [1.29, 1.82) is 0 Å². The zero-order valence-corrected chi connectivity index (χ0v) is 16.6. The van der Waals surface area contributed by atoms with Crippen molar-refractivity contribution in [1.82, 2.24) is 5.43 Å². The van der Waals surface area contributed by atoms with Gasteiger partial charge in [0.15, 0.2) is 5.17 Å². The molecule has 0 saturated heterocycles. The monoisotopic (exact) mass is 380 g/mol. The van der Waals surface area contributed by atoms with Gasteiger partial charge in [-0.1, -0.05) is 49.0 Å². The van der Waals surface area contributed by atoms with Crippen molar-refractivity contribution in [2.24, 2.45) is 10.1 Å². The second kappa shape index (κ2) is 8.86. The quantitative estimate of drug-likeness (QED) is 0.595. The van der Waals surface area contributed by atoms with Crippen molar-refractivity contribution < 1.29 is 4.79 Å². The Labute approximate surface area is 164 Å². The number of thioether (sulfide) groups is 1. The fourth-order valence-electron chi connectivity index (χ4n) is 2.70. The largest absolute Gasteiger partial charge is 0.335 e. The molecule has 0 radical (unpaired) electrons. The second-order valence-corrected chi connectivity index (χ2v) is 7.74. The fraction of sp³-hybridized carbons (Fsp3) is 0.286. The summed E-state index contributed by atoms with van der Waals surface area (Å²) in [7, 11) is 0. The molecule has 6 heteroatoms. The zero-order chi connectivity index (χ0) is 19.2. The molecular weight excluding hydrogens is 356 g/mol. The van der Waals surface area contributed by atoms with Gasteiger partial charge in [-0.2, -0.15) is 5.10 Å². The first-order chi connectivity index (χ1) is 13.1. The van der Waals surface area contributed by atoms with Crippen LogP contribution in [0.25, 0.3) is 0 Å². The van der Waals surface area contributed by atoms with Gasteiger partial charge in [0.2, 0.25) is 0 Å². The van der Waals surface area contributed by atoms with E-state index in [9.17, 15) is 4.79 Å². The summed E-state index contributed by atoms with van der Waals surface area (Å²) in [5.41, 5.74) is 6.90. The van der Waals surface area contributed by atoms with Gasteiger partial charge in [-0.25, -0.2) is 5.43 Å². The van der Waals surface area contributed by atoms with E-state index in [0.29, 0.717) is 10.8 Å². The molecule has 1 heterocycles. The summed E-state index contributed by atoms with van der Waals surface area (Å²) in [4.78, 5) is 16.8. The third-order valence-electron chi connectivity index (χ3n) is 4.44. The number of hydrogen-bond acceptors (Lipinski definition) is 5. The lowest BCUT2D eigenvalue weighted by Gasteiger charge is -2.08. The van der Waals surface area contributed by atoms with Crippen molar-refractivity contribution in [2.75, 3.05) is 11.9 Å². The Morgan fingerprint density at radius 3 is 2.63 bits per heavy atom. The molecule has 2 aromatic rings. The van der Waals surface area contributed by atoms with Crippen LogP contribution in [-0.4, -0.2) is 28.6 Å². The summed E-state index contributed by atoms with van der Waals surface area (Å²) < 4.78 is 0. The van der Waals surface area contributed by atoms with E-state index in [4.69, 9.17) is 0 Å². The summed E-state index contributed by atoms with van der Waals surface area (Å²) in [6.07, 6.45) is 1.13. The maximum absolute atomic E-state index is 12.3. The van der Waals surface area contributed by atoms with Crippen LogP contribution in [0.15, 0.2) is 58.6 Å². The van der Waals surface area contributed by atoms with Gasteiger partial charge in [-0.3, -0.25) is 9.79 Å². The van der Waals surface area contributed by atoms with Crippen LogP contribution in [0.5, 0.6) is 0 Å². The number of anilines is 1. The lowest BCUT2D eigenvalue weighted by molar-refractivity contribution is 0.0954. The second-order valence-electron chi connectivity index (χ2n) is 6.45. The lowest BCUT2D eigenvalue weighted by Crippen LogP contribution is -2.20. The average molecular weight is 381 g/mol. The number of benzene rings is 2. The highest BCUT2D eigenvalue weighted by Crippen LogP contribution is 2.24. The highest BCUT2D eigenvalue weighted by Gasteiger charge is 2.17. The Bertz CT molecular complexity index is 874. The molecule has 27 heavy (non-hydrogen) atoms. The minimum atomic E-state index is -0.201. The highest BCUT2D eigenvalue weighted by molar-refractivity contribution is 8.15. The number of amidine groups is 1. The Morgan fingerprint density at radius 1 is 1.22 bits per heavy atom. The minimum Gasteiger partial charge on any atom is -0.335 e. The first-order valence-electron chi connectivity index (χ1n) is 9.05. The Morgan fingerprint density at radius 2 is 1.96 bits per heavy atom. The highest BCUT2D eigenvalue weighted by atomic mass is 32.2. The first kappa shape index (κ1) is 19.2. The number of nitrogens with zero attached hydrogens (tertiary/aromatic N) is 2. The van der Waals surface area contributed by atoms with Crippen LogP contribution in [0, 0.1) is 6.92 Å². The normalized spacial score (nSPS) is 16.8. The summed E-state index contributed by atoms with van der Waals surface area (Å²) in [6.45, 7) is 6.86. The van der Waals surface area contributed by atoms with Gasteiger partial charge in [0.1, 0.15) is 0 Å². The van der Waals surface area contributed by atoms with Gasteiger partial charge >= 0.3 is 0 Å². The molecule has 1 atom stereocenters. The molecule has 0 fully saturated rings. The number of rotatable bonds is 5. The number of carbonyl (C=O) groups excluding carboxylic acids is 1. The molecule has 1 aliphatic rings. The third-order valence-corrected chi connectivity index (χ3v) is 5.71. The fourth-order valence-corrected chi connectivity index (χ4v) is 3.66. The van der Waals surface area contributed by atoms with Gasteiger partial charge in [0, 0.05) is 16.5 Å². The van der Waals surface area contributed by atoms with E-state index in [1.54, 1.807) is 17.8 Å². The van der Waals surface area contributed by atoms with Gasteiger partial charge < -0.3 is 5.32 Å². The van der Waals surface area contributed by atoms with E-state index in [0.717, 1.165) is 40.7 Å². The number of aliphatic imine (C=N–C) groups is 1. The molecule has 1 amide bonds. The van der Waals surface area contributed by atoms with Crippen LogP contribution in [0.4, 0.5) is 5.69 Å². The molecule has 5 nitrogen and oxygen atoms in total. The standard InChI is InChI=1S/C21H24N4OS/c1-4-18-13-22-21(27-18)23-17-11-9-16(10-12-17)15(3)24-25-20(26)19-8-6-5-7-14(19)2/h5-12,18H,4,13H2,1-3H3,(H,22,23)(H,25,26)/b24-15-/t18-/m0/s1. The van der Waals surface area contributed by atoms with E-state index in [2.05, 4.69) is 27.8 Å². The van der Waals surface area contributed by atoms with Crippen LogP contribution in [0.2, 0.25) is 0 Å². The number of carbonyl (C=O) groups is 1. The smallest absolute Gasteiger partial charge is 0.271 e. The number of amides is 1. The van der Waals surface area contributed by atoms with Crippen LogP contribution >= 0.6 is 11.8 Å². The molecule has 0 unspecified atom stereocenters. The molecule has 0 aliphatic carbocycles. The molecule has 2 N–H and O–H groups in total. The maximum Gasteiger partial charge on any atom is 0.271 e. The predicted molar refractivity (Wildman–Crippen MR) is 115 cm³/mol. The molecule has 0 spiro atoms.